The van der Waals surface area contributed by atoms with Gasteiger partial charge in [-0.05, 0) is 43.5 Å². The fraction of sp³-hybridized carbons (Fsp3) is 0.667. The minimum absolute atomic E-state index is 0.0313. The second-order valence-electron chi connectivity index (χ2n) is 11.8. The third-order valence-corrected chi connectivity index (χ3v) is 7.49. The molecule has 16 nitrogen and oxygen atoms in total. The number of hydrogen-bond donors (Lipinski definition) is 5. The first-order valence-electron chi connectivity index (χ1n) is 17.9. The number of rotatable bonds is 35. The van der Waals surface area contributed by atoms with Crippen molar-refractivity contribution in [2.45, 2.75) is 83.1 Å². The molecule has 1 atom stereocenters. The van der Waals surface area contributed by atoms with Gasteiger partial charge in [-0.1, -0.05) is 44.9 Å². The molecule has 0 fully saturated rings. The molecule has 3 amide bonds. The fourth-order valence-electron chi connectivity index (χ4n) is 4.69. The summed E-state index contributed by atoms with van der Waals surface area (Å²) in [6.07, 6.45) is 10.7. The number of hydrogen-bond acceptors (Lipinski definition) is 11. The molecule has 5 N–H and O–H groups in total. The highest BCUT2D eigenvalue weighted by molar-refractivity contribution is 5.87. The Kier molecular flexibility index (Phi) is 27.9. The summed E-state index contributed by atoms with van der Waals surface area (Å²) in [5.74, 6) is -2.50. The lowest BCUT2D eigenvalue weighted by molar-refractivity contribution is -0.142. The lowest BCUT2D eigenvalue weighted by Crippen LogP contribution is -2.41. The van der Waals surface area contributed by atoms with Crippen molar-refractivity contribution in [3.63, 3.8) is 0 Å². The van der Waals surface area contributed by atoms with Crippen LogP contribution in [0.3, 0.4) is 0 Å². The van der Waals surface area contributed by atoms with E-state index in [0.29, 0.717) is 38.5 Å². The van der Waals surface area contributed by atoms with Crippen LogP contribution in [0, 0.1) is 0 Å². The van der Waals surface area contributed by atoms with Gasteiger partial charge in [-0.25, -0.2) is 9.59 Å². The maximum absolute atomic E-state index is 12.3. The maximum Gasteiger partial charge on any atom is 0.335 e. The van der Waals surface area contributed by atoms with Crippen molar-refractivity contribution in [1.82, 2.24) is 16.0 Å². The average Bonchev–Trinajstić information content (AvgIpc) is 3.12. The van der Waals surface area contributed by atoms with E-state index in [2.05, 4.69) is 16.0 Å². The first-order chi connectivity index (χ1) is 25.2. The molecule has 0 saturated carbocycles. The molecule has 0 aliphatic rings. The van der Waals surface area contributed by atoms with Gasteiger partial charge in [0.2, 0.25) is 24.0 Å². The third-order valence-electron chi connectivity index (χ3n) is 7.49. The molecular formula is C36H56N3O13. The zero-order chi connectivity index (χ0) is 38.1. The maximum atomic E-state index is 12.3. The highest BCUT2D eigenvalue weighted by Crippen LogP contribution is 2.14. The predicted molar refractivity (Wildman–Crippen MR) is 189 cm³/mol. The molecule has 0 saturated heterocycles. The molecule has 0 aliphatic carbocycles. The molecule has 0 aromatic heterocycles. The van der Waals surface area contributed by atoms with Gasteiger partial charge in [0.25, 0.3) is 0 Å². The van der Waals surface area contributed by atoms with Crippen LogP contribution in [0.5, 0.6) is 5.75 Å². The molecule has 0 spiro atoms. The second kappa shape index (κ2) is 31.6. The van der Waals surface area contributed by atoms with Crippen LogP contribution in [0.25, 0.3) is 0 Å². The van der Waals surface area contributed by atoms with Gasteiger partial charge in [0.05, 0.1) is 51.8 Å². The predicted octanol–water partition coefficient (Wildman–Crippen LogP) is 2.42. The molecule has 293 valence electrons. The number of aromatic carboxylic acids is 1. The van der Waals surface area contributed by atoms with E-state index in [1.807, 2.05) is 0 Å². The summed E-state index contributed by atoms with van der Waals surface area (Å²) in [5, 5.41) is 26.2. The van der Waals surface area contributed by atoms with Crippen molar-refractivity contribution in [3.8, 4) is 5.75 Å². The van der Waals surface area contributed by atoms with Crippen molar-refractivity contribution >= 4 is 35.9 Å². The van der Waals surface area contributed by atoms with Crippen LogP contribution in [-0.4, -0.2) is 125 Å². The number of amides is 3. The molecular weight excluding hydrogens is 682 g/mol. The molecule has 1 radical (unpaired) electrons. The van der Waals surface area contributed by atoms with E-state index in [0.717, 1.165) is 51.4 Å². The van der Waals surface area contributed by atoms with E-state index in [9.17, 15) is 33.9 Å². The first-order valence-corrected chi connectivity index (χ1v) is 17.9. The Hall–Kier alpha value is -4.12. The summed E-state index contributed by atoms with van der Waals surface area (Å²) in [7, 11) is 0. The molecule has 0 aliphatic heterocycles. The van der Waals surface area contributed by atoms with Crippen LogP contribution in [-0.2, 0) is 42.9 Å². The van der Waals surface area contributed by atoms with E-state index < -0.39 is 18.0 Å². The summed E-state index contributed by atoms with van der Waals surface area (Å²) in [6.45, 7) is 2.33. The lowest BCUT2D eigenvalue weighted by Gasteiger charge is -2.14. The number of benzene rings is 1. The van der Waals surface area contributed by atoms with E-state index in [4.69, 9.17) is 28.8 Å². The summed E-state index contributed by atoms with van der Waals surface area (Å²) < 4.78 is 26.3. The van der Waals surface area contributed by atoms with Crippen molar-refractivity contribution < 1.29 is 62.7 Å². The average molecular weight is 739 g/mol. The van der Waals surface area contributed by atoms with Gasteiger partial charge >= 0.3 is 11.9 Å². The minimum Gasteiger partial charge on any atom is -0.494 e. The Morgan fingerprint density at radius 3 is 1.77 bits per heavy atom. The number of carboxylic acids is 2. The van der Waals surface area contributed by atoms with E-state index in [1.165, 1.54) is 12.1 Å². The van der Waals surface area contributed by atoms with Crippen LogP contribution < -0.4 is 20.7 Å². The highest BCUT2D eigenvalue weighted by atomic mass is 16.5. The van der Waals surface area contributed by atoms with Gasteiger partial charge in [-0.15, -0.1) is 0 Å². The summed E-state index contributed by atoms with van der Waals surface area (Å²) >= 11 is 0. The largest absolute Gasteiger partial charge is 0.494 e. The molecule has 0 heterocycles. The van der Waals surface area contributed by atoms with Crippen LogP contribution >= 0.6 is 0 Å². The molecule has 52 heavy (non-hydrogen) atoms. The molecule has 1 rings (SSSR count). The molecule has 1 aromatic carbocycles. The molecule has 0 bridgehead atoms. The summed E-state index contributed by atoms with van der Waals surface area (Å²) in [4.78, 5) is 68.6. The van der Waals surface area contributed by atoms with Gasteiger partial charge in [-0.3, -0.25) is 19.2 Å². The first kappa shape index (κ1) is 45.9. The van der Waals surface area contributed by atoms with E-state index in [1.54, 1.807) is 18.4 Å². The quantitative estimate of drug-likeness (QED) is 0.0632. The number of unbranched alkanes of at least 4 members (excludes halogenated alkanes) is 8. The number of carbonyl (C=O) groups is 5. The van der Waals surface area contributed by atoms with Crippen molar-refractivity contribution in [2.24, 2.45) is 0 Å². The topological polar surface area (TPSA) is 225 Å². The van der Waals surface area contributed by atoms with Crippen LogP contribution in [0.4, 0.5) is 0 Å². The number of carbonyl (C=O) groups excluding carboxylic acids is 4. The Morgan fingerprint density at radius 2 is 1.17 bits per heavy atom. The Balaban J connectivity index is 1.95. The van der Waals surface area contributed by atoms with Gasteiger partial charge in [-0.2, -0.15) is 0 Å². The van der Waals surface area contributed by atoms with Gasteiger partial charge in [0.15, 0.2) is 0 Å². The van der Waals surface area contributed by atoms with Gasteiger partial charge in [0, 0.05) is 25.9 Å². The molecule has 0 unspecified atom stereocenters. The van der Waals surface area contributed by atoms with E-state index in [-0.39, 0.29) is 88.7 Å². The Labute approximate surface area is 305 Å². The number of nitrogens with one attached hydrogen (secondary N) is 3. The number of aliphatic carboxylic acids is 1. The minimum atomic E-state index is -1.19. The number of ether oxygens (including phenoxy) is 5. The van der Waals surface area contributed by atoms with Gasteiger partial charge in [0.1, 0.15) is 25.0 Å². The molecule has 16 heteroatoms. The fourth-order valence-corrected chi connectivity index (χ4v) is 4.69. The van der Waals surface area contributed by atoms with Gasteiger partial charge < -0.3 is 49.8 Å². The van der Waals surface area contributed by atoms with Crippen LogP contribution in [0.2, 0.25) is 0 Å². The standard InChI is InChI=1S/C36H56N3O13/c40-19-23-50-25-24-48-22-18-38-34(43)28-51-27-26-49-21-17-37-32(41)16-15-31(36(46)47)39-33(42)10-8-6-4-2-1-3-5-7-9-20-52-30-13-11-29(12-14-30)35(44)45/h11-14,31H,1-10,15-18,20-28H2,(H,37,41)(H,38,43)(H,39,42)(H,44,45)(H,46,47)/t31-/m0/s1. The Bertz CT molecular complexity index is 1150. The zero-order valence-electron chi connectivity index (χ0n) is 30.0. The normalized spacial score (nSPS) is 11.4. The number of carboxylic acid groups (broad SMARTS) is 2. The molecule has 1 aromatic rings. The van der Waals surface area contributed by atoms with E-state index >= 15 is 0 Å². The Morgan fingerprint density at radius 1 is 0.615 bits per heavy atom. The van der Waals surface area contributed by atoms with Crippen molar-refractivity contribution in [2.75, 3.05) is 72.6 Å². The zero-order valence-corrected chi connectivity index (χ0v) is 30.0. The second-order valence-corrected chi connectivity index (χ2v) is 11.8. The van der Waals surface area contributed by atoms with Crippen LogP contribution in [0.15, 0.2) is 24.3 Å². The summed E-state index contributed by atoms with van der Waals surface area (Å²) in [6, 6.07) is 5.23. The van der Waals surface area contributed by atoms with Crippen molar-refractivity contribution in [3.05, 3.63) is 29.8 Å². The highest BCUT2D eigenvalue weighted by Gasteiger charge is 2.20. The smallest absolute Gasteiger partial charge is 0.335 e. The third kappa shape index (κ3) is 26.7. The summed E-state index contributed by atoms with van der Waals surface area (Å²) in [5.41, 5.74) is 0.232. The van der Waals surface area contributed by atoms with Crippen LogP contribution in [0.1, 0.15) is 87.4 Å². The lowest BCUT2D eigenvalue weighted by atomic mass is 10.1. The van der Waals surface area contributed by atoms with Crippen molar-refractivity contribution in [1.29, 1.82) is 0 Å². The SMILES string of the molecule is O=[C]COCCOCCNC(=O)COCCOCCNC(=O)CC[C@H](NC(=O)CCCCCCCCCCCOc1ccc(C(=O)O)cc1)C(=O)O. The monoisotopic (exact) mass is 738 g/mol.